The molecule has 0 N–H and O–H groups in total. The first-order chi connectivity index (χ1) is 14.8. The van der Waals surface area contributed by atoms with Crippen LogP contribution in [0.4, 0.5) is 14.5 Å². The van der Waals surface area contributed by atoms with Gasteiger partial charge in [-0.25, -0.2) is 13.8 Å². The van der Waals surface area contributed by atoms with Crippen LogP contribution in [0.15, 0.2) is 48.8 Å². The molecule has 4 aromatic rings. The average molecular weight is 425 g/mol. The molecule has 0 aliphatic carbocycles. The lowest BCUT2D eigenvalue weighted by molar-refractivity contribution is -0.385. The van der Waals surface area contributed by atoms with E-state index in [1.165, 1.54) is 25.3 Å². The molecule has 9 heteroatoms. The van der Waals surface area contributed by atoms with Crippen molar-refractivity contribution < 1.29 is 23.2 Å². The van der Waals surface area contributed by atoms with Gasteiger partial charge in [-0.3, -0.25) is 10.1 Å². The number of methoxy groups -OCH3 is 1. The number of pyridine rings is 1. The summed E-state index contributed by atoms with van der Waals surface area (Å²) in [5, 5.41) is 12.3. The van der Waals surface area contributed by atoms with Crippen LogP contribution in [0.3, 0.4) is 0 Å². The van der Waals surface area contributed by atoms with Gasteiger partial charge in [-0.1, -0.05) is 0 Å². The number of fused-ring (bicyclic) bond motifs is 1. The number of halogens is 2. The van der Waals surface area contributed by atoms with Gasteiger partial charge in [0.15, 0.2) is 11.6 Å². The van der Waals surface area contributed by atoms with E-state index in [1.807, 2.05) is 0 Å². The summed E-state index contributed by atoms with van der Waals surface area (Å²) >= 11 is 0. The number of aromatic nitrogens is 2. The summed E-state index contributed by atoms with van der Waals surface area (Å²) < 4.78 is 40.4. The van der Waals surface area contributed by atoms with Crippen molar-refractivity contribution in [1.29, 1.82) is 0 Å². The van der Waals surface area contributed by atoms with Crippen LogP contribution in [0.1, 0.15) is 5.56 Å². The molecule has 0 aliphatic heterocycles. The van der Waals surface area contributed by atoms with Gasteiger partial charge in [0.05, 0.1) is 12.0 Å². The van der Waals surface area contributed by atoms with Gasteiger partial charge < -0.3 is 14.0 Å². The molecule has 4 rings (SSSR count). The molecule has 2 heterocycles. The van der Waals surface area contributed by atoms with Gasteiger partial charge in [-0.15, -0.1) is 0 Å². The zero-order valence-corrected chi connectivity index (χ0v) is 16.8. The highest BCUT2D eigenvalue weighted by Gasteiger charge is 2.22. The number of nitro groups is 1. The molecule has 0 radical (unpaired) electrons. The molecule has 0 unspecified atom stereocenters. The molecule has 0 atom stereocenters. The summed E-state index contributed by atoms with van der Waals surface area (Å²) in [6.45, 7) is 1.56. The van der Waals surface area contributed by atoms with E-state index in [0.717, 1.165) is 11.5 Å². The van der Waals surface area contributed by atoms with Gasteiger partial charge in [0.2, 0.25) is 5.88 Å². The SMILES string of the molecule is COc1nccc2c(-c3cc([N+](=O)[O-])c(C)cc3Oc3ccc(F)cc3F)cn(C)c12. The first-order valence-corrected chi connectivity index (χ1v) is 9.20. The highest BCUT2D eigenvalue weighted by molar-refractivity contribution is 6.00. The van der Waals surface area contributed by atoms with Crippen LogP contribution >= 0.6 is 0 Å². The molecule has 0 saturated heterocycles. The van der Waals surface area contributed by atoms with Crippen LogP contribution in [0.25, 0.3) is 22.0 Å². The van der Waals surface area contributed by atoms with Crippen molar-refractivity contribution in [3.63, 3.8) is 0 Å². The van der Waals surface area contributed by atoms with Gasteiger partial charge in [-0.2, -0.15) is 0 Å². The van der Waals surface area contributed by atoms with Crippen LogP contribution < -0.4 is 9.47 Å². The Morgan fingerprint density at radius 3 is 2.55 bits per heavy atom. The lowest BCUT2D eigenvalue weighted by Crippen LogP contribution is -1.97. The lowest BCUT2D eigenvalue weighted by Gasteiger charge is -2.13. The topological polar surface area (TPSA) is 79.4 Å². The molecular weight excluding hydrogens is 408 g/mol. The number of hydrogen-bond acceptors (Lipinski definition) is 5. The van der Waals surface area contributed by atoms with E-state index in [1.54, 1.807) is 37.0 Å². The predicted octanol–water partition coefficient (Wildman–Crippen LogP) is 5.54. The van der Waals surface area contributed by atoms with Crippen LogP contribution in [0.2, 0.25) is 0 Å². The summed E-state index contributed by atoms with van der Waals surface area (Å²) in [5.41, 5.74) is 1.89. The Morgan fingerprint density at radius 2 is 1.87 bits per heavy atom. The molecule has 158 valence electrons. The van der Waals surface area contributed by atoms with Crippen molar-refractivity contribution in [2.45, 2.75) is 6.92 Å². The third-order valence-corrected chi connectivity index (χ3v) is 4.95. The molecule has 31 heavy (non-hydrogen) atoms. The van der Waals surface area contributed by atoms with E-state index in [0.29, 0.717) is 34.2 Å². The van der Waals surface area contributed by atoms with E-state index >= 15 is 0 Å². The monoisotopic (exact) mass is 425 g/mol. The highest BCUT2D eigenvalue weighted by atomic mass is 19.1. The van der Waals surface area contributed by atoms with E-state index in [-0.39, 0.29) is 17.2 Å². The Morgan fingerprint density at radius 1 is 1.10 bits per heavy atom. The van der Waals surface area contributed by atoms with E-state index < -0.39 is 16.6 Å². The van der Waals surface area contributed by atoms with Gasteiger partial charge in [0, 0.05) is 53.7 Å². The van der Waals surface area contributed by atoms with Crippen LogP contribution in [0.5, 0.6) is 17.4 Å². The first kappa shape index (κ1) is 20.3. The summed E-state index contributed by atoms with van der Waals surface area (Å²) in [4.78, 5) is 15.3. The molecule has 7 nitrogen and oxygen atoms in total. The number of rotatable bonds is 5. The normalized spacial score (nSPS) is 11.0. The smallest absolute Gasteiger partial charge is 0.273 e. The number of aryl methyl sites for hydroxylation is 2. The molecule has 2 aromatic heterocycles. The number of ether oxygens (including phenoxy) is 2. The first-order valence-electron chi connectivity index (χ1n) is 9.20. The van der Waals surface area contributed by atoms with Crippen molar-refractivity contribution in [2.24, 2.45) is 7.05 Å². The third-order valence-electron chi connectivity index (χ3n) is 4.95. The number of nitrogens with zero attached hydrogens (tertiary/aromatic N) is 3. The van der Waals surface area contributed by atoms with Crippen LogP contribution in [-0.2, 0) is 7.05 Å². The second-order valence-electron chi connectivity index (χ2n) is 6.94. The zero-order valence-electron chi connectivity index (χ0n) is 16.8. The maximum absolute atomic E-state index is 14.2. The van der Waals surface area contributed by atoms with E-state index in [2.05, 4.69) is 4.98 Å². The third kappa shape index (κ3) is 3.54. The molecule has 0 bridgehead atoms. The number of benzene rings is 2. The number of hydrogen-bond donors (Lipinski definition) is 0. The van der Waals surface area contributed by atoms with Crippen molar-refractivity contribution in [3.8, 4) is 28.5 Å². The van der Waals surface area contributed by atoms with Gasteiger partial charge >= 0.3 is 0 Å². The molecule has 0 amide bonds. The molecule has 0 saturated carbocycles. The summed E-state index contributed by atoms with van der Waals surface area (Å²) in [6, 6.07) is 7.55. The predicted molar refractivity (Wildman–Crippen MR) is 111 cm³/mol. The minimum atomic E-state index is -0.884. The van der Waals surface area contributed by atoms with Gasteiger partial charge in [0.25, 0.3) is 5.69 Å². The van der Waals surface area contributed by atoms with Crippen LogP contribution in [0, 0.1) is 28.7 Å². The minimum Gasteiger partial charge on any atom is -0.479 e. The fourth-order valence-corrected chi connectivity index (χ4v) is 3.52. The van der Waals surface area contributed by atoms with Gasteiger partial charge in [0.1, 0.15) is 17.1 Å². The fourth-order valence-electron chi connectivity index (χ4n) is 3.52. The molecule has 2 aromatic carbocycles. The average Bonchev–Trinajstić information content (AvgIpc) is 3.06. The molecule has 0 spiro atoms. The summed E-state index contributed by atoms with van der Waals surface area (Å²) in [7, 11) is 3.29. The summed E-state index contributed by atoms with van der Waals surface area (Å²) in [6.07, 6.45) is 3.32. The molecule has 0 fully saturated rings. The Hall–Kier alpha value is -4.01. The Labute approximate surface area is 175 Å². The lowest BCUT2D eigenvalue weighted by atomic mass is 10.0. The molecular formula is C22H17F2N3O4. The Bertz CT molecular complexity index is 1330. The Kier molecular flexibility index (Phi) is 5.02. The van der Waals surface area contributed by atoms with E-state index in [4.69, 9.17) is 9.47 Å². The van der Waals surface area contributed by atoms with Crippen LogP contribution in [-0.4, -0.2) is 21.6 Å². The Balaban J connectivity index is 1.97. The molecule has 0 aliphatic rings. The standard InChI is InChI=1S/C22H17F2N3O4/c1-12-8-20(31-19-5-4-13(23)9-17(19)24)15(10-18(12)27(28)29)16-11-26(2)21-14(16)6-7-25-22(21)30-3/h4-11H,1-3H3. The van der Waals surface area contributed by atoms with Crippen molar-refractivity contribution in [2.75, 3.05) is 7.11 Å². The second-order valence-corrected chi connectivity index (χ2v) is 6.94. The van der Waals surface area contributed by atoms with Crippen molar-refractivity contribution >= 4 is 16.6 Å². The second kappa shape index (κ2) is 7.67. The van der Waals surface area contributed by atoms with Crippen molar-refractivity contribution in [1.82, 2.24) is 9.55 Å². The maximum atomic E-state index is 14.2. The quantitative estimate of drug-likeness (QED) is 0.310. The maximum Gasteiger partial charge on any atom is 0.273 e. The largest absolute Gasteiger partial charge is 0.479 e. The van der Waals surface area contributed by atoms with Gasteiger partial charge in [-0.05, 0) is 31.2 Å². The van der Waals surface area contributed by atoms with Crippen molar-refractivity contribution in [3.05, 3.63) is 76.1 Å². The van der Waals surface area contributed by atoms with E-state index in [9.17, 15) is 18.9 Å². The minimum absolute atomic E-state index is 0.111. The summed E-state index contributed by atoms with van der Waals surface area (Å²) in [5.74, 6) is -1.24. The fraction of sp³-hybridized carbons (Fsp3) is 0.136. The number of nitro benzene ring substituents is 1. The highest BCUT2D eigenvalue weighted by Crippen LogP contribution is 2.43. The zero-order chi connectivity index (χ0) is 22.3.